The third-order valence-corrected chi connectivity index (χ3v) is 5.83. The van der Waals surface area contributed by atoms with Gasteiger partial charge in [0.2, 0.25) is 0 Å². The Hall–Kier alpha value is -0.960. The standard InChI is InChI=1S/C16H22O2S/c1-3-4-8-13-11-15(16(17)12(13)2)19(18)14-9-6-5-7-10-14/h5-7,9-10,12-13,15H,3-4,8,11H2,1-2H3. The van der Waals surface area contributed by atoms with E-state index in [9.17, 15) is 9.00 Å². The van der Waals surface area contributed by atoms with Crippen molar-refractivity contribution < 1.29 is 9.00 Å². The summed E-state index contributed by atoms with van der Waals surface area (Å²) in [5.74, 6) is 0.692. The highest BCUT2D eigenvalue weighted by atomic mass is 32.2. The molecule has 0 radical (unpaired) electrons. The van der Waals surface area contributed by atoms with Crippen LogP contribution < -0.4 is 0 Å². The minimum absolute atomic E-state index is 0.0733. The molecule has 1 aliphatic carbocycles. The number of hydrogen-bond acceptors (Lipinski definition) is 2. The van der Waals surface area contributed by atoms with E-state index < -0.39 is 10.8 Å². The fraction of sp³-hybridized carbons (Fsp3) is 0.562. The third-order valence-electron chi connectivity index (χ3n) is 4.15. The Bertz CT molecular complexity index is 455. The lowest BCUT2D eigenvalue weighted by Crippen LogP contribution is -2.22. The molecule has 104 valence electrons. The van der Waals surface area contributed by atoms with Crippen molar-refractivity contribution in [3.05, 3.63) is 30.3 Å². The predicted molar refractivity (Wildman–Crippen MR) is 78.4 cm³/mol. The zero-order chi connectivity index (χ0) is 13.8. The van der Waals surface area contributed by atoms with Crippen LogP contribution in [0.15, 0.2) is 35.2 Å². The van der Waals surface area contributed by atoms with E-state index in [2.05, 4.69) is 6.92 Å². The van der Waals surface area contributed by atoms with Crippen LogP contribution in [0.1, 0.15) is 39.5 Å². The molecule has 0 aliphatic heterocycles. The number of carbonyl (C=O) groups is 1. The van der Waals surface area contributed by atoms with Crippen LogP contribution in [0, 0.1) is 11.8 Å². The molecule has 0 spiro atoms. The molecule has 1 aromatic carbocycles. The lowest BCUT2D eigenvalue weighted by molar-refractivity contribution is -0.120. The molecule has 2 rings (SSSR count). The average Bonchev–Trinajstić information content (AvgIpc) is 2.73. The van der Waals surface area contributed by atoms with E-state index in [1.807, 2.05) is 37.3 Å². The van der Waals surface area contributed by atoms with Crippen molar-refractivity contribution in [2.75, 3.05) is 0 Å². The zero-order valence-corrected chi connectivity index (χ0v) is 12.5. The highest BCUT2D eigenvalue weighted by Crippen LogP contribution is 2.36. The molecule has 4 unspecified atom stereocenters. The van der Waals surface area contributed by atoms with Crippen LogP contribution in [0.2, 0.25) is 0 Å². The van der Waals surface area contributed by atoms with Crippen molar-refractivity contribution in [2.24, 2.45) is 11.8 Å². The molecular formula is C16H22O2S. The Kier molecular flexibility index (Phi) is 4.92. The first-order valence-electron chi connectivity index (χ1n) is 7.14. The van der Waals surface area contributed by atoms with Gasteiger partial charge in [-0.2, -0.15) is 0 Å². The second-order valence-electron chi connectivity index (χ2n) is 5.43. The SMILES string of the molecule is CCCCC1CC(S(=O)c2ccccc2)C(=O)C1C. The molecule has 4 atom stereocenters. The maximum Gasteiger partial charge on any atom is 0.151 e. The Morgan fingerprint density at radius 3 is 2.58 bits per heavy atom. The second kappa shape index (κ2) is 6.47. The summed E-state index contributed by atoms with van der Waals surface area (Å²) >= 11 is 0. The molecule has 0 saturated heterocycles. The van der Waals surface area contributed by atoms with Gasteiger partial charge in [-0.25, -0.2) is 0 Å². The maximum absolute atomic E-state index is 12.5. The van der Waals surface area contributed by atoms with Crippen molar-refractivity contribution in [2.45, 2.75) is 49.7 Å². The highest BCUT2D eigenvalue weighted by Gasteiger charge is 2.42. The third kappa shape index (κ3) is 3.14. The number of unbranched alkanes of at least 4 members (excludes halogenated alkanes) is 1. The topological polar surface area (TPSA) is 34.1 Å². The fourth-order valence-corrected chi connectivity index (χ4v) is 4.47. The maximum atomic E-state index is 12.5. The minimum atomic E-state index is -1.19. The van der Waals surface area contributed by atoms with Gasteiger partial charge in [0, 0.05) is 10.8 Å². The van der Waals surface area contributed by atoms with Gasteiger partial charge in [-0.1, -0.05) is 44.9 Å². The van der Waals surface area contributed by atoms with Crippen LogP contribution in [0.4, 0.5) is 0 Å². The Morgan fingerprint density at radius 1 is 1.26 bits per heavy atom. The summed E-state index contributed by atoms with van der Waals surface area (Å²) in [5, 5.41) is -0.292. The van der Waals surface area contributed by atoms with Crippen LogP contribution in [0.3, 0.4) is 0 Å². The van der Waals surface area contributed by atoms with Crippen LogP contribution in [0.5, 0.6) is 0 Å². The van der Waals surface area contributed by atoms with Crippen LogP contribution in [-0.2, 0) is 15.6 Å². The Labute approximate surface area is 118 Å². The van der Waals surface area contributed by atoms with Gasteiger partial charge in [0.1, 0.15) is 0 Å². The summed E-state index contributed by atoms with van der Waals surface area (Å²) in [5.41, 5.74) is 0. The minimum Gasteiger partial charge on any atom is -0.298 e. The van der Waals surface area contributed by atoms with Gasteiger partial charge >= 0.3 is 0 Å². The molecule has 0 heterocycles. The quantitative estimate of drug-likeness (QED) is 0.825. The summed E-state index contributed by atoms with van der Waals surface area (Å²) in [6.45, 7) is 4.17. The predicted octanol–water partition coefficient (Wildman–Crippen LogP) is 3.58. The van der Waals surface area contributed by atoms with Gasteiger partial charge in [0.15, 0.2) is 5.78 Å². The fourth-order valence-electron chi connectivity index (χ4n) is 2.87. The first-order chi connectivity index (χ1) is 9.15. The summed E-state index contributed by atoms with van der Waals surface area (Å²) in [4.78, 5) is 13.1. The van der Waals surface area contributed by atoms with Crippen LogP contribution >= 0.6 is 0 Å². The monoisotopic (exact) mass is 278 g/mol. The number of benzene rings is 1. The summed E-state index contributed by atoms with van der Waals surface area (Å²) in [7, 11) is -1.19. The van der Waals surface area contributed by atoms with E-state index in [-0.39, 0.29) is 17.0 Å². The Morgan fingerprint density at radius 2 is 1.95 bits per heavy atom. The normalized spacial score (nSPS) is 28.5. The van der Waals surface area contributed by atoms with E-state index in [0.29, 0.717) is 5.92 Å². The average molecular weight is 278 g/mol. The molecule has 0 aromatic heterocycles. The number of rotatable bonds is 5. The van der Waals surface area contributed by atoms with Crippen LogP contribution in [0.25, 0.3) is 0 Å². The largest absolute Gasteiger partial charge is 0.298 e. The van der Waals surface area contributed by atoms with Crippen molar-refractivity contribution >= 4 is 16.6 Å². The number of hydrogen-bond donors (Lipinski definition) is 0. The summed E-state index contributed by atoms with van der Waals surface area (Å²) < 4.78 is 12.5. The van der Waals surface area contributed by atoms with Crippen molar-refractivity contribution in [3.63, 3.8) is 0 Å². The van der Waals surface area contributed by atoms with E-state index in [1.165, 1.54) is 0 Å². The molecule has 0 bridgehead atoms. The molecular weight excluding hydrogens is 256 g/mol. The Balaban J connectivity index is 2.09. The van der Waals surface area contributed by atoms with Gasteiger partial charge in [-0.05, 0) is 30.9 Å². The summed E-state index contributed by atoms with van der Waals surface area (Å²) in [6.07, 6.45) is 4.20. The molecule has 0 amide bonds. The van der Waals surface area contributed by atoms with Gasteiger partial charge in [-0.15, -0.1) is 0 Å². The molecule has 1 fully saturated rings. The van der Waals surface area contributed by atoms with E-state index >= 15 is 0 Å². The van der Waals surface area contributed by atoms with Crippen molar-refractivity contribution in [1.29, 1.82) is 0 Å². The van der Waals surface area contributed by atoms with Gasteiger partial charge in [0.25, 0.3) is 0 Å². The molecule has 3 heteroatoms. The molecule has 0 N–H and O–H groups in total. The van der Waals surface area contributed by atoms with Crippen molar-refractivity contribution in [3.8, 4) is 0 Å². The number of Topliss-reactive ketones (excluding diaryl/α,β-unsaturated/α-hetero) is 1. The zero-order valence-electron chi connectivity index (χ0n) is 11.7. The van der Waals surface area contributed by atoms with Gasteiger partial charge in [0.05, 0.1) is 16.0 Å². The summed E-state index contributed by atoms with van der Waals surface area (Å²) in [6, 6.07) is 9.38. The van der Waals surface area contributed by atoms with E-state index in [1.54, 1.807) is 0 Å². The molecule has 19 heavy (non-hydrogen) atoms. The van der Waals surface area contributed by atoms with Gasteiger partial charge in [-0.3, -0.25) is 9.00 Å². The highest BCUT2D eigenvalue weighted by molar-refractivity contribution is 7.86. The van der Waals surface area contributed by atoms with Crippen molar-refractivity contribution in [1.82, 2.24) is 0 Å². The van der Waals surface area contributed by atoms with Crippen LogP contribution in [-0.4, -0.2) is 15.2 Å². The lowest BCUT2D eigenvalue weighted by Gasteiger charge is -2.12. The molecule has 1 aromatic rings. The second-order valence-corrected chi connectivity index (χ2v) is 7.06. The molecule has 1 aliphatic rings. The molecule has 1 saturated carbocycles. The molecule has 2 nitrogen and oxygen atoms in total. The lowest BCUT2D eigenvalue weighted by atomic mass is 9.92. The first kappa shape index (κ1) is 14.4. The van der Waals surface area contributed by atoms with E-state index in [4.69, 9.17) is 0 Å². The number of carbonyl (C=O) groups excluding carboxylic acids is 1. The number of ketones is 1. The van der Waals surface area contributed by atoms with E-state index in [0.717, 1.165) is 30.6 Å². The first-order valence-corrected chi connectivity index (χ1v) is 8.35. The smallest absolute Gasteiger partial charge is 0.151 e. The van der Waals surface area contributed by atoms with Gasteiger partial charge < -0.3 is 0 Å².